The number of hydrogen-bond donors (Lipinski definition) is 3. The van der Waals surface area contributed by atoms with Crippen LogP contribution in [0.4, 0.5) is 5.69 Å². The van der Waals surface area contributed by atoms with Crippen molar-refractivity contribution in [3.8, 4) is 0 Å². The summed E-state index contributed by atoms with van der Waals surface area (Å²) in [5.41, 5.74) is 11.3. The number of carbonyl (C=O) groups excluding carboxylic acids is 1. The molecule has 0 unspecified atom stereocenters. The van der Waals surface area contributed by atoms with Gasteiger partial charge in [0.15, 0.2) is 0 Å². The van der Waals surface area contributed by atoms with E-state index in [-0.39, 0.29) is 18.3 Å². The Balaban J connectivity index is 1.39. The zero-order chi connectivity index (χ0) is 30.3. The number of hydrogen-bond acceptors (Lipinski definition) is 5. The molecule has 0 atom stereocenters. The minimum absolute atomic E-state index is 0.0299. The fourth-order valence-electron chi connectivity index (χ4n) is 5.47. The number of carbonyl (C=O) groups is 1. The summed E-state index contributed by atoms with van der Waals surface area (Å²) in [6.07, 6.45) is 2.58. The van der Waals surface area contributed by atoms with Gasteiger partial charge < -0.3 is 25.4 Å². The van der Waals surface area contributed by atoms with Crippen LogP contribution in [-0.2, 0) is 31.2 Å². The highest BCUT2D eigenvalue weighted by Crippen LogP contribution is 2.27. The third-order valence-electron chi connectivity index (χ3n) is 7.92. The van der Waals surface area contributed by atoms with Gasteiger partial charge in [0.05, 0.1) is 24.1 Å². The largest absolute Gasteiger partial charge is 0.384 e. The standard InChI is InChI=1S/C35H41N7O/c1-40(2)21-7-20-38-23-34(43)42(24-28-10-6-9-26-8-4-5-11-30(26)28)29-17-18-32-31(22-29)39-33(41(32)3)19-14-25-12-15-27(16-13-25)35(36)37/h4-6,8-13,15-18,22,38H,7,14,19-21,23-24H2,1-3H3,(H3,36,37). The lowest BCUT2D eigenvalue weighted by molar-refractivity contribution is -0.117. The molecular formula is C35H41N7O. The summed E-state index contributed by atoms with van der Waals surface area (Å²) in [5.74, 6) is 1.09. The second kappa shape index (κ2) is 13.6. The lowest BCUT2D eigenvalue weighted by Crippen LogP contribution is -2.38. The third-order valence-corrected chi connectivity index (χ3v) is 7.92. The molecule has 0 bridgehead atoms. The molecule has 0 aliphatic carbocycles. The Morgan fingerprint density at radius 1 is 0.977 bits per heavy atom. The van der Waals surface area contributed by atoms with Crippen molar-refractivity contribution in [3.05, 3.63) is 107 Å². The fraction of sp³-hybridized carbons (Fsp3) is 0.286. The number of nitrogens with zero attached hydrogens (tertiary/aromatic N) is 4. The molecule has 0 fully saturated rings. The van der Waals surface area contributed by atoms with Crippen molar-refractivity contribution < 1.29 is 4.79 Å². The van der Waals surface area contributed by atoms with E-state index in [1.807, 2.05) is 60.5 Å². The Labute approximate surface area is 253 Å². The first-order valence-electron chi connectivity index (χ1n) is 14.8. The summed E-state index contributed by atoms with van der Waals surface area (Å²) in [6.45, 7) is 2.50. The average molecular weight is 576 g/mol. The second-order valence-electron chi connectivity index (χ2n) is 11.3. The maximum atomic E-state index is 13.7. The van der Waals surface area contributed by atoms with Crippen LogP contribution < -0.4 is 16.0 Å². The molecule has 1 amide bonds. The fourth-order valence-corrected chi connectivity index (χ4v) is 5.47. The number of rotatable bonds is 13. The first-order chi connectivity index (χ1) is 20.8. The predicted molar refractivity (Wildman–Crippen MR) is 177 cm³/mol. The van der Waals surface area contributed by atoms with Gasteiger partial charge in [0, 0.05) is 24.7 Å². The quantitative estimate of drug-likeness (QED) is 0.106. The van der Waals surface area contributed by atoms with Gasteiger partial charge >= 0.3 is 0 Å². The number of anilines is 1. The second-order valence-corrected chi connectivity index (χ2v) is 11.3. The van der Waals surface area contributed by atoms with Crippen LogP contribution in [0.1, 0.15) is 28.9 Å². The van der Waals surface area contributed by atoms with Crippen LogP contribution in [0.25, 0.3) is 21.8 Å². The molecule has 8 nitrogen and oxygen atoms in total. The number of amidine groups is 1. The lowest BCUT2D eigenvalue weighted by atomic mass is 10.0. The topological polar surface area (TPSA) is 103 Å². The molecule has 0 radical (unpaired) electrons. The van der Waals surface area contributed by atoms with Crippen LogP contribution in [0.2, 0.25) is 0 Å². The molecule has 1 heterocycles. The van der Waals surface area contributed by atoms with Crippen molar-refractivity contribution in [2.75, 3.05) is 38.6 Å². The highest BCUT2D eigenvalue weighted by molar-refractivity contribution is 5.97. The van der Waals surface area contributed by atoms with Crippen LogP contribution >= 0.6 is 0 Å². The number of nitrogens with one attached hydrogen (secondary N) is 2. The van der Waals surface area contributed by atoms with Crippen LogP contribution in [-0.4, -0.2) is 59.9 Å². The van der Waals surface area contributed by atoms with Crippen molar-refractivity contribution in [2.45, 2.75) is 25.8 Å². The number of nitrogens with two attached hydrogens (primary N) is 1. The minimum atomic E-state index is 0.0299. The van der Waals surface area contributed by atoms with E-state index in [9.17, 15) is 4.79 Å². The smallest absolute Gasteiger partial charge is 0.241 e. The molecule has 4 aromatic carbocycles. The zero-order valence-electron chi connectivity index (χ0n) is 25.3. The highest BCUT2D eigenvalue weighted by atomic mass is 16.2. The monoisotopic (exact) mass is 575 g/mol. The van der Waals surface area contributed by atoms with Gasteiger partial charge in [-0.2, -0.15) is 0 Å². The third kappa shape index (κ3) is 7.28. The number of benzene rings is 4. The number of amides is 1. The van der Waals surface area contributed by atoms with Crippen LogP contribution in [0.3, 0.4) is 0 Å². The first-order valence-corrected chi connectivity index (χ1v) is 14.8. The Morgan fingerprint density at radius 2 is 1.74 bits per heavy atom. The van der Waals surface area contributed by atoms with Gasteiger partial charge in [-0.1, -0.05) is 66.7 Å². The highest BCUT2D eigenvalue weighted by Gasteiger charge is 2.19. The Hall–Kier alpha value is -4.53. The Kier molecular flexibility index (Phi) is 9.49. The molecular weight excluding hydrogens is 534 g/mol. The summed E-state index contributed by atoms with van der Waals surface area (Å²) in [6, 6.07) is 28.5. The molecule has 43 heavy (non-hydrogen) atoms. The molecule has 4 N–H and O–H groups in total. The summed E-state index contributed by atoms with van der Waals surface area (Å²) in [7, 11) is 6.16. The number of imidazole rings is 1. The molecule has 222 valence electrons. The molecule has 0 saturated carbocycles. The number of nitrogen functional groups attached to an aromatic ring is 1. The van der Waals surface area contributed by atoms with E-state index in [2.05, 4.69) is 65.3 Å². The van der Waals surface area contributed by atoms with Crippen molar-refractivity contribution in [2.24, 2.45) is 12.8 Å². The first kappa shape index (κ1) is 29.9. The van der Waals surface area contributed by atoms with Crippen molar-refractivity contribution in [1.29, 1.82) is 5.41 Å². The van der Waals surface area contributed by atoms with Gasteiger partial charge in [0.1, 0.15) is 11.7 Å². The van der Waals surface area contributed by atoms with E-state index < -0.39 is 0 Å². The lowest BCUT2D eigenvalue weighted by Gasteiger charge is -2.24. The summed E-state index contributed by atoms with van der Waals surface area (Å²) in [4.78, 5) is 22.7. The number of aryl methyl sites for hydroxylation is 3. The molecule has 0 spiro atoms. The van der Waals surface area contributed by atoms with Crippen LogP contribution in [0, 0.1) is 5.41 Å². The molecule has 1 aromatic heterocycles. The van der Waals surface area contributed by atoms with Gasteiger partial charge in [0.25, 0.3) is 0 Å². The van der Waals surface area contributed by atoms with Crippen molar-refractivity contribution in [3.63, 3.8) is 0 Å². The normalized spacial score (nSPS) is 11.4. The molecule has 5 aromatic rings. The van der Waals surface area contributed by atoms with Gasteiger partial charge in [-0.15, -0.1) is 0 Å². The zero-order valence-corrected chi connectivity index (χ0v) is 25.3. The van der Waals surface area contributed by atoms with Crippen molar-refractivity contribution in [1.82, 2.24) is 19.8 Å². The molecule has 0 aliphatic rings. The number of aromatic nitrogens is 2. The van der Waals surface area contributed by atoms with E-state index >= 15 is 0 Å². The maximum absolute atomic E-state index is 13.7. The Morgan fingerprint density at radius 3 is 2.51 bits per heavy atom. The van der Waals surface area contributed by atoms with E-state index in [1.165, 1.54) is 5.56 Å². The van der Waals surface area contributed by atoms with Crippen LogP contribution in [0.15, 0.2) is 84.9 Å². The summed E-state index contributed by atoms with van der Waals surface area (Å²) >= 11 is 0. The van der Waals surface area contributed by atoms with Gasteiger partial charge in [-0.05, 0) is 80.1 Å². The van der Waals surface area contributed by atoms with E-state index in [1.54, 1.807) is 0 Å². The predicted octanol–water partition coefficient (Wildman–Crippen LogP) is 4.87. The van der Waals surface area contributed by atoms with Gasteiger partial charge in [0.2, 0.25) is 5.91 Å². The van der Waals surface area contributed by atoms with Crippen molar-refractivity contribution >= 4 is 39.2 Å². The van der Waals surface area contributed by atoms with E-state index in [0.29, 0.717) is 6.54 Å². The molecule has 0 aliphatic heterocycles. The average Bonchev–Trinajstić information content (AvgIpc) is 3.32. The maximum Gasteiger partial charge on any atom is 0.241 e. The van der Waals surface area contributed by atoms with Gasteiger partial charge in [-0.25, -0.2) is 4.98 Å². The number of fused-ring (bicyclic) bond motifs is 2. The summed E-state index contributed by atoms with van der Waals surface area (Å²) in [5, 5.41) is 13.3. The summed E-state index contributed by atoms with van der Waals surface area (Å²) < 4.78 is 2.13. The van der Waals surface area contributed by atoms with Crippen LogP contribution in [0.5, 0.6) is 0 Å². The van der Waals surface area contributed by atoms with E-state index in [0.717, 1.165) is 76.8 Å². The van der Waals surface area contributed by atoms with Gasteiger partial charge in [-0.3, -0.25) is 10.2 Å². The SMILES string of the molecule is CN(C)CCCNCC(=O)N(Cc1cccc2ccccc12)c1ccc2c(c1)nc(CCc1ccc(C(=N)N)cc1)n2C. The van der Waals surface area contributed by atoms with E-state index in [4.69, 9.17) is 16.1 Å². The minimum Gasteiger partial charge on any atom is -0.384 e. The molecule has 5 rings (SSSR count). The Bertz CT molecular complexity index is 1720. The molecule has 0 saturated heterocycles. The molecule has 8 heteroatoms.